The third-order valence-corrected chi connectivity index (χ3v) is 7.21. The average Bonchev–Trinajstić information content (AvgIpc) is 3.08. The van der Waals surface area contributed by atoms with E-state index in [-0.39, 0.29) is 70.8 Å². The topological polar surface area (TPSA) is 129 Å². The minimum atomic E-state index is -0.110. The molecule has 0 aromatic heterocycles. The molecule has 0 bridgehead atoms. The van der Waals surface area contributed by atoms with Crippen LogP contribution < -0.4 is 40.2 Å². The van der Waals surface area contributed by atoms with Gasteiger partial charge in [-0.05, 0) is 24.3 Å². The predicted octanol–water partition coefficient (Wildman–Crippen LogP) is -2.77. The number of benzene rings is 4. The fraction of sp³-hybridized carbons (Fsp3) is 0.316. The van der Waals surface area contributed by atoms with Gasteiger partial charge in [0.15, 0.2) is 24.5 Å². The van der Waals surface area contributed by atoms with Gasteiger partial charge in [0.1, 0.15) is 13.1 Å². The van der Waals surface area contributed by atoms with Crippen molar-refractivity contribution in [1.29, 1.82) is 0 Å². The maximum absolute atomic E-state index is 11.6. The summed E-state index contributed by atoms with van der Waals surface area (Å²) < 4.78 is 0. The fourth-order valence-corrected chi connectivity index (χ4v) is 4.27. The van der Waals surface area contributed by atoms with E-state index in [0.717, 1.165) is 48.7 Å². The Hall–Kier alpha value is -2.23. The SMILES string of the molecule is CC(=[NH+]CC[NH+](C)C)c1cc(Cl)ccc1[O-].CC(=[NH+]CC[NH+](C)C)c1cc(Cl)ccc1[O-].[Mg+2].[Mg+2].[O-]Cc1ccccc1.[O-]Cc1ccccc1. The monoisotopic (exact) mass is 744 g/mol. The average molecular weight is 746 g/mol. The minimum Gasteiger partial charge on any atom is -0.872 e. The van der Waals surface area contributed by atoms with E-state index in [1.165, 1.54) is 21.9 Å². The third-order valence-electron chi connectivity index (χ3n) is 6.74. The second-order valence-electron chi connectivity index (χ2n) is 11.6. The van der Waals surface area contributed by atoms with E-state index >= 15 is 0 Å². The Labute approximate surface area is 340 Å². The smallest absolute Gasteiger partial charge is 0.872 e. The van der Waals surface area contributed by atoms with Crippen LogP contribution in [0.4, 0.5) is 0 Å². The van der Waals surface area contributed by atoms with Crippen LogP contribution in [0.25, 0.3) is 0 Å². The normalized spacial score (nSPS) is 10.7. The largest absolute Gasteiger partial charge is 2.00 e. The van der Waals surface area contributed by atoms with Gasteiger partial charge in [-0.15, -0.1) is 13.2 Å². The molecule has 0 saturated carbocycles. The van der Waals surface area contributed by atoms with Crippen LogP contribution >= 0.6 is 23.2 Å². The first kappa shape index (κ1) is 49.9. The van der Waals surface area contributed by atoms with Crippen molar-refractivity contribution < 1.29 is 40.2 Å². The molecule has 4 rings (SSSR count). The third kappa shape index (κ3) is 22.6. The molecule has 4 N–H and O–H groups in total. The van der Waals surface area contributed by atoms with Crippen molar-refractivity contribution in [2.45, 2.75) is 27.1 Å². The Morgan fingerprint density at radius 2 is 0.880 bits per heavy atom. The number of rotatable bonds is 10. The Morgan fingerprint density at radius 3 is 1.14 bits per heavy atom. The molecule has 260 valence electrons. The molecule has 8 nitrogen and oxygen atoms in total. The van der Waals surface area contributed by atoms with Gasteiger partial charge < -0.3 is 30.2 Å². The minimum absolute atomic E-state index is 0. The summed E-state index contributed by atoms with van der Waals surface area (Å²) >= 11 is 11.7. The van der Waals surface area contributed by atoms with Crippen LogP contribution in [0.5, 0.6) is 11.5 Å². The zero-order valence-electron chi connectivity index (χ0n) is 30.3. The molecule has 0 heterocycles. The van der Waals surface area contributed by atoms with Crippen molar-refractivity contribution in [1.82, 2.24) is 0 Å². The fourth-order valence-electron chi connectivity index (χ4n) is 3.93. The second-order valence-corrected chi connectivity index (χ2v) is 12.4. The molecule has 0 aliphatic carbocycles. The first-order valence-electron chi connectivity index (χ1n) is 15.8. The van der Waals surface area contributed by atoms with Crippen LogP contribution in [0, 0.1) is 0 Å². The molecule has 4 aromatic carbocycles. The van der Waals surface area contributed by atoms with Crippen LogP contribution in [0.3, 0.4) is 0 Å². The van der Waals surface area contributed by atoms with Gasteiger partial charge in [0, 0.05) is 35.0 Å². The first-order valence-corrected chi connectivity index (χ1v) is 16.5. The molecular formula is C38H50Cl2Mg2N4O4+4. The van der Waals surface area contributed by atoms with Crippen molar-refractivity contribution in [3.63, 3.8) is 0 Å². The molecule has 4 aromatic rings. The summed E-state index contributed by atoms with van der Waals surface area (Å²) in [4.78, 5) is 9.21. The maximum Gasteiger partial charge on any atom is 2.00 e. The number of quaternary nitrogens is 2. The number of nitrogens with one attached hydrogen (secondary N) is 4. The van der Waals surface area contributed by atoms with E-state index < -0.39 is 0 Å². The summed E-state index contributed by atoms with van der Waals surface area (Å²) in [6, 6.07) is 28.2. The van der Waals surface area contributed by atoms with Crippen molar-refractivity contribution >= 4 is 80.7 Å². The zero-order valence-corrected chi connectivity index (χ0v) is 34.6. The Balaban J connectivity index is 0. The predicted molar refractivity (Wildman–Crippen MR) is 200 cm³/mol. The molecule has 0 aliphatic rings. The molecule has 0 unspecified atom stereocenters. The van der Waals surface area contributed by atoms with Crippen molar-refractivity contribution in [2.24, 2.45) is 0 Å². The molecule has 0 spiro atoms. The first-order chi connectivity index (χ1) is 22.9. The van der Waals surface area contributed by atoms with Gasteiger partial charge in [-0.25, -0.2) is 9.98 Å². The molecule has 0 saturated heterocycles. The molecule has 0 aliphatic heterocycles. The van der Waals surface area contributed by atoms with Gasteiger partial charge in [-0.3, -0.25) is 0 Å². The molecular weight excluding hydrogens is 696 g/mol. The van der Waals surface area contributed by atoms with Gasteiger partial charge in [0.25, 0.3) is 0 Å². The van der Waals surface area contributed by atoms with Gasteiger partial charge in [-0.1, -0.05) is 119 Å². The Kier molecular flexibility index (Phi) is 29.3. The molecule has 0 fully saturated rings. The van der Waals surface area contributed by atoms with Gasteiger partial charge in [0.2, 0.25) is 0 Å². The summed E-state index contributed by atoms with van der Waals surface area (Å²) in [6.45, 7) is 7.29. The number of hydrogen-bond acceptors (Lipinski definition) is 4. The van der Waals surface area contributed by atoms with E-state index in [2.05, 4.69) is 38.2 Å². The number of halogens is 2. The molecule has 50 heavy (non-hydrogen) atoms. The van der Waals surface area contributed by atoms with Crippen molar-refractivity contribution in [3.05, 3.63) is 129 Å². The second kappa shape index (κ2) is 29.4. The molecule has 0 radical (unpaired) electrons. The summed E-state index contributed by atoms with van der Waals surface area (Å²) in [6.07, 6.45) is 0. The van der Waals surface area contributed by atoms with E-state index in [0.29, 0.717) is 21.2 Å². The maximum atomic E-state index is 11.6. The summed E-state index contributed by atoms with van der Waals surface area (Å²) in [7, 11) is 8.37. The van der Waals surface area contributed by atoms with Gasteiger partial charge in [-0.2, -0.15) is 0 Å². The zero-order chi connectivity index (χ0) is 35.9. The van der Waals surface area contributed by atoms with E-state index in [1.54, 1.807) is 24.3 Å². The Bertz CT molecular complexity index is 1410. The van der Waals surface area contributed by atoms with Crippen LogP contribution in [0.1, 0.15) is 36.1 Å². The molecule has 0 atom stereocenters. The standard InChI is InChI=1S/2C12H17ClN2O.2C7H7O.2Mg/c2*1-9(14-6-7-15(2)3)11-8-10(13)4-5-12(11)16;2*8-6-7-4-2-1-3-5-7;;/h2*4-5,8,16H,6-7H2,1-3H3;2*1-5H,6H2;;/q;;2*-1;2*+2/p+2. The van der Waals surface area contributed by atoms with E-state index in [4.69, 9.17) is 23.2 Å². The molecule has 0 amide bonds. The van der Waals surface area contributed by atoms with Crippen LogP contribution in [-0.2, 0) is 13.2 Å². The van der Waals surface area contributed by atoms with Crippen LogP contribution in [-0.4, -0.2) is 112 Å². The van der Waals surface area contributed by atoms with Crippen molar-refractivity contribution in [2.75, 3.05) is 54.4 Å². The number of likely N-dealkylation sites (N-methyl/N-ethyl adjacent to an activating group) is 2. The summed E-state index contributed by atoms with van der Waals surface area (Å²) in [5.74, 6) is 0.0122. The van der Waals surface area contributed by atoms with Gasteiger partial charge >= 0.3 is 46.1 Å². The van der Waals surface area contributed by atoms with E-state index in [1.807, 2.05) is 74.5 Å². The van der Waals surface area contributed by atoms with Gasteiger partial charge in [0.05, 0.1) is 28.2 Å². The quantitative estimate of drug-likeness (QED) is 0.104. The van der Waals surface area contributed by atoms with Crippen LogP contribution in [0.2, 0.25) is 10.0 Å². The number of hydrogen-bond donors (Lipinski definition) is 4. The molecule has 12 heteroatoms. The Morgan fingerprint density at radius 1 is 0.560 bits per heavy atom. The van der Waals surface area contributed by atoms with Crippen LogP contribution in [0.15, 0.2) is 97.1 Å². The summed E-state index contributed by atoms with van der Waals surface area (Å²) in [5, 5.41) is 44.6. The van der Waals surface area contributed by atoms with E-state index in [9.17, 15) is 20.4 Å². The summed E-state index contributed by atoms with van der Waals surface area (Å²) in [5.41, 5.74) is 4.78. The van der Waals surface area contributed by atoms with Crippen molar-refractivity contribution in [3.8, 4) is 11.5 Å².